The maximum atomic E-state index is 13.6. The molecule has 0 radical (unpaired) electrons. The Morgan fingerprint density at radius 2 is 1.90 bits per heavy atom. The zero-order valence-electron chi connectivity index (χ0n) is 11.7. The molecule has 0 aliphatic carbocycles. The summed E-state index contributed by atoms with van der Waals surface area (Å²) in [5.41, 5.74) is 1.66. The maximum absolute atomic E-state index is 13.6. The van der Waals surface area contributed by atoms with Gasteiger partial charge in [-0.3, -0.25) is 4.90 Å². The monoisotopic (exact) mass is 288 g/mol. The minimum absolute atomic E-state index is 0.202. The highest BCUT2D eigenvalue weighted by molar-refractivity contribution is 5.45. The Labute approximate surface area is 123 Å². The molecule has 110 valence electrons. The molecule has 0 unspecified atom stereocenters. The summed E-state index contributed by atoms with van der Waals surface area (Å²) in [5, 5.41) is 3.17. The number of likely N-dealkylation sites (tertiary alicyclic amines) is 1. The number of anilines is 1. The van der Waals surface area contributed by atoms with Gasteiger partial charge in [-0.1, -0.05) is 30.3 Å². The molecule has 0 bridgehead atoms. The quantitative estimate of drug-likeness (QED) is 0.924. The zero-order valence-corrected chi connectivity index (χ0v) is 11.7. The average molecular weight is 288 g/mol. The molecule has 0 spiro atoms. The topological polar surface area (TPSA) is 15.3 Å². The van der Waals surface area contributed by atoms with Crippen molar-refractivity contribution in [1.29, 1.82) is 0 Å². The molecule has 2 aromatic rings. The van der Waals surface area contributed by atoms with Gasteiger partial charge in [0.2, 0.25) is 0 Å². The first kappa shape index (κ1) is 14.0. The molecule has 1 fully saturated rings. The van der Waals surface area contributed by atoms with Gasteiger partial charge in [-0.25, -0.2) is 8.78 Å². The van der Waals surface area contributed by atoms with Crippen molar-refractivity contribution < 1.29 is 8.78 Å². The third-order valence-electron chi connectivity index (χ3n) is 3.81. The van der Waals surface area contributed by atoms with E-state index in [2.05, 4.69) is 22.3 Å². The van der Waals surface area contributed by atoms with E-state index < -0.39 is 11.6 Å². The Bertz CT molecular complexity index is 601. The lowest BCUT2D eigenvalue weighted by molar-refractivity contribution is 0.328. The molecule has 0 saturated carbocycles. The van der Waals surface area contributed by atoms with Crippen LogP contribution in [0.15, 0.2) is 48.5 Å². The first-order valence-electron chi connectivity index (χ1n) is 7.18. The number of hydrogen-bond donors (Lipinski definition) is 1. The number of nitrogens with one attached hydrogen (secondary N) is 1. The van der Waals surface area contributed by atoms with Crippen LogP contribution in [-0.4, -0.2) is 24.0 Å². The van der Waals surface area contributed by atoms with Crippen LogP contribution in [-0.2, 0) is 6.54 Å². The highest BCUT2D eigenvalue weighted by Crippen LogP contribution is 2.20. The lowest BCUT2D eigenvalue weighted by Crippen LogP contribution is -2.26. The summed E-state index contributed by atoms with van der Waals surface area (Å²) in [4.78, 5) is 2.34. The zero-order chi connectivity index (χ0) is 14.7. The minimum Gasteiger partial charge on any atom is -0.379 e. The van der Waals surface area contributed by atoms with Gasteiger partial charge in [-0.05, 0) is 24.1 Å². The van der Waals surface area contributed by atoms with Gasteiger partial charge in [-0.15, -0.1) is 0 Å². The summed E-state index contributed by atoms with van der Waals surface area (Å²) in [6, 6.07) is 14.2. The Hall–Kier alpha value is -1.94. The SMILES string of the molecule is Fc1ccc(N[C@H]2CCN(Cc3ccccc3)C2)c(F)c1. The van der Waals surface area contributed by atoms with Crippen LogP contribution in [0, 0.1) is 11.6 Å². The molecule has 1 atom stereocenters. The molecule has 2 nitrogen and oxygen atoms in total. The summed E-state index contributed by atoms with van der Waals surface area (Å²) in [6.45, 7) is 2.76. The van der Waals surface area contributed by atoms with Crippen LogP contribution in [0.5, 0.6) is 0 Å². The molecule has 1 saturated heterocycles. The van der Waals surface area contributed by atoms with Crippen molar-refractivity contribution in [3.05, 3.63) is 65.7 Å². The van der Waals surface area contributed by atoms with Crippen molar-refractivity contribution in [3.8, 4) is 0 Å². The van der Waals surface area contributed by atoms with Crippen LogP contribution in [0.1, 0.15) is 12.0 Å². The van der Waals surface area contributed by atoms with E-state index in [4.69, 9.17) is 0 Å². The summed E-state index contributed by atoms with van der Waals surface area (Å²) >= 11 is 0. The van der Waals surface area contributed by atoms with Crippen LogP contribution in [0.3, 0.4) is 0 Å². The number of halogens is 2. The van der Waals surface area contributed by atoms with Gasteiger partial charge in [0.05, 0.1) is 5.69 Å². The van der Waals surface area contributed by atoms with Crippen molar-refractivity contribution in [2.45, 2.75) is 19.0 Å². The van der Waals surface area contributed by atoms with Gasteiger partial charge in [-0.2, -0.15) is 0 Å². The van der Waals surface area contributed by atoms with Crippen LogP contribution < -0.4 is 5.32 Å². The molecule has 0 aromatic heterocycles. The van der Waals surface area contributed by atoms with Crippen LogP contribution in [0.2, 0.25) is 0 Å². The van der Waals surface area contributed by atoms with E-state index in [9.17, 15) is 8.78 Å². The van der Waals surface area contributed by atoms with Crippen molar-refractivity contribution in [2.24, 2.45) is 0 Å². The summed E-state index contributed by atoms with van der Waals surface area (Å²) in [7, 11) is 0. The van der Waals surface area contributed by atoms with Crippen molar-refractivity contribution in [3.63, 3.8) is 0 Å². The van der Waals surface area contributed by atoms with Gasteiger partial charge >= 0.3 is 0 Å². The fourth-order valence-electron chi connectivity index (χ4n) is 2.76. The highest BCUT2D eigenvalue weighted by Gasteiger charge is 2.23. The van der Waals surface area contributed by atoms with Crippen LogP contribution in [0.4, 0.5) is 14.5 Å². The van der Waals surface area contributed by atoms with Crippen molar-refractivity contribution in [1.82, 2.24) is 4.90 Å². The third kappa shape index (κ3) is 3.58. The lowest BCUT2D eigenvalue weighted by atomic mass is 10.2. The Morgan fingerprint density at radius 3 is 2.67 bits per heavy atom. The summed E-state index contributed by atoms with van der Waals surface area (Å²) < 4.78 is 26.5. The van der Waals surface area contributed by atoms with Gasteiger partial charge in [0, 0.05) is 31.7 Å². The molecule has 1 aliphatic rings. The van der Waals surface area contributed by atoms with Gasteiger partial charge in [0.1, 0.15) is 11.6 Å². The van der Waals surface area contributed by atoms with Crippen molar-refractivity contribution in [2.75, 3.05) is 18.4 Å². The Balaban J connectivity index is 1.57. The molecule has 1 heterocycles. The molecule has 4 heteroatoms. The number of rotatable bonds is 4. The van der Waals surface area contributed by atoms with Crippen molar-refractivity contribution >= 4 is 5.69 Å². The summed E-state index contributed by atoms with van der Waals surface area (Å²) in [5.74, 6) is -1.08. The number of benzene rings is 2. The predicted molar refractivity (Wildman–Crippen MR) is 80.1 cm³/mol. The smallest absolute Gasteiger partial charge is 0.149 e. The van der Waals surface area contributed by atoms with Gasteiger partial charge in [0.15, 0.2) is 0 Å². The normalized spacial score (nSPS) is 18.9. The molecular weight excluding hydrogens is 270 g/mol. The lowest BCUT2D eigenvalue weighted by Gasteiger charge is -2.17. The molecular formula is C17H18F2N2. The number of hydrogen-bond acceptors (Lipinski definition) is 2. The van der Waals surface area contributed by atoms with E-state index in [1.165, 1.54) is 17.7 Å². The largest absolute Gasteiger partial charge is 0.379 e. The van der Waals surface area contributed by atoms with E-state index in [1.807, 2.05) is 18.2 Å². The maximum Gasteiger partial charge on any atom is 0.149 e. The second-order valence-corrected chi connectivity index (χ2v) is 5.47. The minimum atomic E-state index is -0.546. The predicted octanol–water partition coefficient (Wildman–Crippen LogP) is 3.65. The standard InChI is InChI=1S/C17H18F2N2/c18-14-6-7-17(16(19)10-14)20-15-8-9-21(12-15)11-13-4-2-1-3-5-13/h1-7,10,15,20H,8-9,11-12H2/t15-/m0/s1. The van der Waals surface area contributed by atoms with E-state index in [0.29, 0.717) is 5.69 Å². The van der Waals surface area contributed by atoms with Gasteiger partial charge < -0.3 is 5.32 Å². The van der Waals surface area contributed by atoms with Crippen LogP contribution >= 0.6 is 0 Å². The fourth-order valence-corrected chi connectivity index (χ4v) is 2.76. The molecule has 0 amide bonds. The Kier molecular flexibility index (Phi) is 4.15. The second-order valence-electron chi connectivity index (χ2n) is 5.47. The summed E-state index contributed by atoms with van der Waals surface area (Å²) in [6.07, 6.45) is 0.962. The molecule has 21 heavy (non-hydrogen) atoms. The fraction of sp³-hybridized carbons (Fsp3) is 0.294. The second kappa shape index (κ2) is 6.22. The number of nitrogens with zero attached hydrogens (tertiary/aromatic N) is 1. The van der Waals surface area contributed by atoms with E-state index in [1.54, 1.807) is 0 Å². The highest BCUT2D eigenvalue weighted by atomic mass is 19.1. The first-order valence-corrected chi connectivity index (χ1v) is 7.18. The first-order chi connectivity index (χ1) is 10.2. The van der Waals surface area contributed by atoms with E-state index in [-0.39, 0.29) is 6.04 Å². The average Bonchev–Trinajstić information content (AvgIpc) is 2.90. The van der Waals surface area contributed by atoms with E-state index in [0.717, 1.165) is 32.1 Å². The molecule has 2 aromatic carbocycles. The van der Waals surface area contributed by atoms with E-state index >= 15 is 0 Å². The molecule has 3 rings (SSSR count). The Morgan fingerprint density at radius 1 is 1.10 bits per heavy atom. The van der Waals surface area contributed by atoms with Crippen LogP contribution in [0.25, 0.3) is 0 Å². The van der Waals surface area contributed by atoms with Gasteiger partial charge in [0.25, 0.3) is 0 Å². The molecule has 1 aliphatic heterocycles. The molecule has 1 N–H and O–H groups in total. The third-order valence-corrected chi connectivity index (χ3v) is 3.81.